The molecular weight excluding hydrogens is 228 g/mol. The number of aromatic nitrogens is 2. The van der Waals surface area contributed by atoms with Gasteiger partial charge in [0.15, 0.2) is 0 Å². The number of likely N-dealkylation sites (tertiary alicyclic amines) is 1. The molecule has 2 rings (SSSR count). The van der Waals surface area contributed by atoms with Crippen molar-refractivity contribution < 1.29 is 4.79 Å². The second kappa shape index (κ2) is 6.33. The van der Waals surface area contributed by atoms with E-state index in [4.69, 9.17) is 0 Å². The molecule has 0 radical (unpaired) electrons. The molecule has 18 heavy (non-hydrogen) atoms. The van der Waals surface area contributed by atoms with Gasteiger partial charge in [0.05, 0.1) is 0 Å². The van der Waals surface area contributed by atoms with Crippen LogP contribution in [0.4, 0.5) is 5.95 Å². The number of rotatable bonds is 4. The van der Waals surface area contributed by atoms with Crippen LogP contribution in [0.2, 0.25) is 0 Å². The minimum Gasteiger partial charge on any atom is -0.354 e. The van der Waals surface area contributed by atoms with Gasteiger partial charge in [-0.15, -0.1) is 0 Å². The number of carbonyl (C=O) groups excluding carboxylic acids is 1. The summed E-state index contributed by atoms with van der Waals surface area (Å²) in [5.74, 6) is 0.566. The van der Waals surface area contributed by atoms with Crippen molar-refractivity contribution >= 4 is 11.9 Å². The highest BCUT2D eigenvalue weighted by molar-refractivity contribution is 5.92. The first kappa shape index (κ1) is 12.8. The van der Waals surface area contributed by atoms with Gasteiger partial charge < -0.3 is 10.2 Å². The average molecular weight is 248 g/mol. The minimum absolute atomic E-state index is 0.0247. The zero-order valence-electron chi connectivity index (χ0n) is 10.9. The summed E-state index contributed by atoms with van der Waals surface area (Å²) < 4.78 is 0. The van der Waals surface area contributed by atoms with Crippen molar-refractivity contribution in [1.29, 1.82) is 0 Å². The number of nitrogens with zero attached hydrogens (tertiary/aromatic N) is 3. The van der Waals surface area contributed by atoms with Gasteiger partial charge in [-0.25, -0.2) is 9.97 Å². The van der Waals surface area contributed by atoms with Crippen LogP contribution in [0.25, 0.3) is 0 Å². The van der Waals surface area contributed by atoms with E-state index in [1.807, 2.05) is 4.90 Å². The largest absolute Gasteiger partial charge is 0.354 e. The Morgan fingerprint density at radius 3 is 2.89 bits per heavy atom. The molecule has 1 fully saturated rings. The van der Waals surface area contributed by atoms with E-state index in [1.54, 1.807) is 12.3 Å². The Bertz CT molecular complexity index is 402. The molecule has 5 heteroatoms. The Labute approximate surface area is 108 Å². The van der Waals surface area contributed by atoms with Crippen LogP contribution in [-0.2, 0) is 0 Å². The fourth-order valence-corrected chi connectivity index (χ4v) is 2.06. The smallest absolute Gasteiger partial charge is 0.272 e. The molecule has 0 aromatic carbocycles. The van der Waals surface area contributed by atoms with Gasteiger partial charge in [0.25, 0.3) is 5.91 Å². The fraction of sp³-hybridized carbons (Fsp3) is 0.615. The van der Waals surface area contributed by atoms with Gasteiger partial charge >= 0.3 is 0 Å². The SMILES string of the molecule is CCCNc1nccc(C(=O)N2CCCCC2)n1. The maximum Gasteiger partial charge on any atom is 0.272 e. The minimum atomic E-state index is 0.0247. The molecule has 5 nitrogen and oxygen atoms in total. The normalized spacial score (nSPS) is 15.5. The van der Waals surface area contributed by atoms with Crippen molar-refractivity contribution in [2.75, 3.05) is 25.0 Å². The van der Waals surface area contributed by atoms with Crippen LogP contribution in [0.5, 0.6) is 0 Å². The van der Waals surface area contributed by atoms with E-state index in [0.717, 1.165) is 38.9 Å². The van der Waals surface area contributed by atoms with Crippen molar-refractivity contribution in [1.82, 2.24) is 14.9 Å². The van der Waals surface area contributed by atoms with E-state index in [-0.39, 0.29) is 5.91 Å². The van der Waals surface area contributed by atoms with Crippen molar-refractivity contribution in [2.24, 2.45) is 0 Å². The summed E-state index contributed by atoms with van der Waals surface area (Å²) in [6.07, 6.45) is 6.06. The molecule has 1 aromatic rings. The van der Waals surface area contributed by atoms with Gasteiger partial charge in [-0.05, 0) is 31.7 Å². The van der Waals surface area contributed by atoms with E-state index in [9.17, 15) is 4.79 Å². The van der Waals surface area contributed by atoms with Crippen LogP contribution in [-0.4, -0.2) is 40.4 Å². The van der Waals surface area contributed by atoms with Crippen LogP contribution in [0.3, 0.4) is 0 Å². The summed E-state index contributed by atoms with van der Waals surface area (Å²) in [6, 6.07) is 1.69. The Balaban J connectivity index is 2.04. The highest BCUT2D eigenvalue weighted by atomic mass is 16.2. The highest BCUT2D eigenvalue weighted by Crippen LogP contribution is 2.12. The van der Waals surface area contributed by atoms with Crippen LogP contribution in [0, 0.1) is 0 Å². The molecule has 1 aromatic heterocycles. The molecule has 2 heterocycles. The number of hydrogen-bond donors (Lipinski definition) is 1. The number of nitrogens with one attached hydrogen (secondary N) is 1. The van der Waals surface area contributed by atoms with E-state index < -0.39 is 0 Å². The van der Waals surface area contributed by atoms with Crippen LogP contribution in [0.1, 0.15) is 43.1 Å². The Hall–Kier alpha value is -1.65. The Morgan fingerprint density at radius 1 is 1.39 bits per heavy atom. The van der Waals surface area contributed by atoms with Gasteiger partial charge in [0, 0.05) is 25.8 Å². The first-order valence-corrected chi connectivity index (χ1v) is 6.67. The van der Waals surface area contributed by atoms with E-state index >= 15 is 0 Å². The summed E-state index contributed by atoms with van der Waals surface area (Å²) >= 11 is 0. The molecule has 1 aliphatic heterocycles. The number of hydrogen-bond acceptors (Lipinski definition) is 4. The quantitative estimate of drug-likeness (QED) is 0.884. The van der Waals surface area contributed by atoms with Crippen molar-refractivity contribution in [3.05, 3.63) is 18.0 Å². The average Bonchev–Trinajstić information content (AvgIpc) is 2.45. The second-order valence-corrected chi connectivity index (χ2v) is 4.55. The molecular formula is C13H20N4O. The molecule has 1 saturated heterocycles. The Kier molecular flexibility index (Phi) is 4.50. The first-order valence-electron chi connectivity index (χ1n) is 6.67. The summed E-state index contributed by atoms with van der Waals surface area (Å²) in [6.45, 7) is 4.60. The monoisotopic (exact) mass is 248 g/mol. The lowest BCUT2D eigenvalue weighted by molar-refractivity contribution is 0.0718. The molecule has 98 valence electrons. The van der Waals surface area contributed by atoms with Gasteiger partial charge in [-0.1, -0.05) is 6.92 Å². The second-order valence-electron chi connectivity index (χ2n) is 4.55. The molecule has 0 spiro atoms. The third-order valence-corrected chi connectivity index (χ3v) is 3.05. The van der Waals surface area contributed by atoms with Gasteiger partial charge in [-0.3, -0.25) is 4.79 Å². The van der Waals surface area contributed by atoms with Crippen LogP contribution < -0.4 is 5.32 Å². The number of carbonyl (C=O) groups is 1. The summed E-state index contributed by atoms with van der Waals surface area (Å²) in [5, 5.41) is 3.10. The van der Waals surface area contributed by atoms with Crippen LogP contribution in [0.15, 0.2) is 12.3 Å². The molecule has 0 bridgehead atoms. The van der Waals surface area contributed by atoms with E-state index in [1.165, 1.54) is 6.42 Å². The summed E-state index contributed by atoms with van der Waals surface area (Å²) in [7, 11) is 0. The number of amides is 1. The predicted molar refractivity (Wildman–Crippen MR) is 70.6 cm³/mol. The molecule has 0 aliphatic carbocycles. The summed E-state index contributed by atoms with van der Waals surface area (Å²) in [4.78, 5) is 22.5. The molecule has 1 aliphatic rings. The molecule has 0 atom stereocenters. The zero-order valence-corrected chi connectivity index (χ0v) is 10.9. The van der Waals surface area contributed by atoms with Gasteiger partial charge in [0.1, 0.15) is 5.69 Å². The first-order chi connectivity index (χ1) is 8.81. The molecule has 0 saturated carbocycles. The summed E-state index contributed by atoms with van der Waals surface area (Å²) in [5.41, 5.74) is 0.491. The maximum absolute atomic E-state index is 12.2. The van der Waals surface area contributed by atoms with Crippen molar-refractivity contribution in [2.45, 2.75) is 32.6 Å². The third kappa shape index (κ3) is 3.18. The molecule has 1 N–H and O–H groups in total. The lowest BCUT2D eigenvalue weighted by Gasteiger charge is -2.26. The lowest BCUT2D eigenvalue weighted by Crippen LogP contribution is -2.36. The van der Waals surface area contributed by atoms with Crippen LogP contribution >= 0.6 is 0 Å². The van der Waals surface area contributed by atoms with E-state index in [0.29, 0.717) is 11.6 Å². The fourth-order valence-electron chi connectivity index (χ4n) is 2.06. The van der Waals surface area contributed by atoms with Crippen molar-refractivity contribution in [3.8, 4) is 0 Å². The number of anilines is 1. The zero-order chi connectivity index (χ0) is 12.8. The highest BCUT2D eigenvalue weighted by Gasteiger charge is 2.19. The van der Waals surface area contributed by atoms with Gasteiger partial charge in [-0.2, -0.15) is 0 Å². The topological polar surface area (TPSA) is 58.1 Å². The standard InChI is InChI=1S/C13H20N4O/c1-2-7-14-13-15-8-6-11(16-13)12(18)17-9-4-3-5-10-17/h6,8H,2-5,7,9-10H2,1H3,(H,14,15,16). The maximum atomic E-state index is 12.2. The van der Waals surface area contributed by atoms with E-state index in [2.05, 4.69) is 22.2 Å². The van der Waals surface area contributed by atoms with Gasteiger partial charge in [0.2, 0.25) is 5.95 Å². The Morgan fingerprint density at radius 2 is 2.17 bits per heavy atom. The molecule has 1 amide bonds. The third-order valence-electron chi connectivity index (χ3n) is 3.05. The lowest BCUT2D eigenvalue weighted by atomic mass is 10.1. The number of piperidine rings is 1. The predicted octanol–water partition coefficient (Wildman–Crippen LogP) is 1.92. The van der Waals surface area contributed by atoms with Crippen molar-refractivity contribution in [3.63, 3.8) is 0 Å². The molecule has 0 unspecified atom stereocenters.